The SMILES string of the molecule is Cc1ccc(Oc2ccc(OCC3CCN(C(=O)Oc4ccc(NC(=O)c5ccccc5)cc4)CC3)cc2)nc1. The molecule has 1 aliphatic heterocycles. The highest BCUT2D eigenvalue weighted by Crippen LogP contribution is 2.25. The second-order valence-corrected chi connectivity index (χ2v) is 9.70. The Hall–Kier alpha value is -4.85. The van der Waals surface area contributed by atoms with E-state index in [-0.39, 0.29) is 12.0 Å². The minimum Gasteiger partial charge on any atom is -0.493 e. The van der Waals surface area contributed by atoms with Gasteiger partial charge in [0, 0.05) is 36.6 Å². The zero-order chi connectivity index (χ0) is 27.7. The second-order valence-electron chi connectivity index (χ2n) is 9.70. The number of ether oxygens (including phenoxy) is 3. The molecule has 1 aromatic heterocycles. The first-order valence-corrected chi connectivity index (χ1v) is 13.3. The predicted molar refractivity (Wildman–Crippen MR) is 152 cm³/mol. The van der Waals surface area contributed by atoms with Crippen molar-refractivity contribution in [3.05, 3.63) is 108 Å². The number of hydrogen-bond acceptors (Lipinski definition) is 6. The Morgan fingerprint density at radius 3 is 2.20 bits per heavy atom. The van der Waals surface area contributed by atoms with Crippen molar-refractivity contribution < 1.29 is 23.8 Å². The van der Waals surface area contributed by atoms with Crippen molar-refractivity contribution in [2.45, 2.75) is 19.8 Å². The topological polar surface area (TPSA) is 90.0 Å². The third-order valence-electron chi connectivity index (χ3n) is 6.64. The van der Waals surface area contributed by atoms with Gasteiger partial charge in [-0.3, -0.25) is 4.79 Å². The van der Waals surface area contributed by atoms with Crippen LogP contribution in [0, 0.1) is 12.8 Å². The number of aryl methyl sites for hydroxylation is 1. The van der Waals surface area contributed by atoms with Gasteiger partial charge in [0.15, 0.2) is 0 Å². The molecule has 5 rings (SSSR count). The van der Waals surface area contributed by atoms with E-state index in [1.807, 2.05) is 61.5 Å². The van der Waals surface area contributed by atoms with Gasteiger partial charge in [0.25, 0.3) is 5.91 Å². The molecule has 8 heteroatoms. The van der Waals surface area contributed by atoms with Gasteiger partial charge in [0.2, 0.25) is 5.88 Å². The predicted octanol–water partition coefficient (Wildman–Crippen LogP) is 6.72. The van der Waals surface area contributed by atoms with Crippen molar-refractivity contribution in [2.75, 3.05) is 25.0 Å². The maximum atomic E-state index is 12.7. The van der Waals surface area contributed by atoms with Crippen molar-refractivity contribution in [1.29, 1.82) is 0 Å². The van der Waals surface area contributed by atoms with E-state index in [0.717, 1.165) is 24.2 Å². The molecule has 0 bridgehead atoms. The fraction of sp³-hybridized carbons (Fsp3) is 0.219. The van der Waals surface area contributed by atoms with Gasteiger partial charge in [-0.15, -0.1) is 0 Å². The van der Waals surface area contributed by atoms with Crippen molar-refractivity contribution in [3.63, 3.8) is 0 Å². The standard InChI is InChI=1S/C32H31N3O5/c1-23-7-16-30(33-21-23)39-28-14-12-27(13-15-28)38-22-24-17-19-35(20-18-24)32(37)40-29-10-8-26(9-11-29)34-31(36)25-5-3-2-4-6-25/h2-16,21,24H,17-20,22H2,1H3,(H,34,36). The van der Waals surface area contributed by atoms with Crippen molar-refractivity contribution in [3.8, 4) is 23.1 Å². The number of piperidine rings is 1. The van der Waals surface area contributed by atoms with Crippen LogP contribution < -0.4 is 19.5 Å². The van der Waals surface area contributed by atoms with Crippen molar-refractivity contribution in [1.82, 2.24) is 9.88 Å². The van der Waals surface area contributed by atoms with Gasteiger partial charge >= 0.3 is 6.09 Å². The number of anilines is 1. The first-order chi connectivity index (χ1) is 19.5. The minimum absolute atomic E-state index is 0.195. The fourth-order valence-corrected chi connectivity index (χ4v) is 4.30. The van der Waals surface area contributed by atoms with Gasteiger partial charge in [-0.1, -0.05) is 24.3 Å². The number of benzene rings is 3. The molecule has 1 fully saturated rings. The Morgan fingerprint density at radius 1 is 0.850 bits per heavy atom. The summed E-state index contributed by atoms with van der Waals surface area (Å²) in [5.74, 6) is 2.60. The lowest BCUT2D eigenvalue weighted by molar-refractivity contribution is 0.102. The molecule has 3 aromatic carbocycles. The molecule has 8 nitrogen and oxygen atoms in total. The van der Waals surface area contributed by atoms with E-state index in [2.05, 4.69) is 10.3 Å². The van der Waals surface area contributed by atoms with Crippen LogP contribution in [-0.2, 0) is 0 Å². The van der Waals surface area contributed by atoms with Crippen molar-refractivity contribution >= 4 is 17.7 Å². The lowest BCUT2D eigenvalue weighted by atomic mass is 9.98. The van der Waals surface area contributed by atoms with E-state index >= 15 is 0 Å². The number of nitrogens with one attached hydrogen (secondary N) is 1. The van der Waals surface area contributed by atoms with Gasteiger partial charge in [-0.05, 0) is 91.9 Å². The largest absolute Gasteiger partial charge is 0.493 e. The number of amides is 2. The second kappa shape index (κ2) is 12.8. The first-order valence-electron chi connectivity index (χ1n) is 13.3. The normalized spacial score (nSPS) is 13.4. The average molecular weight is 538 g/mol. The van der Waals surface area contributed by atoms with Crippen LogP contribution in [0.1, 0.15) is 28.8 Å². The van der Waals surface area contributed by atoms with Gasteiger partial charge in [0.1, 0.15) is 17.2 Å². The number of nitrogens with zero attached hydrogens (tertiary/aromatic N) is 2. The highest BCUT2D eigenvalue weighted by Gasteiger charge is 2.24. The van der Waals surface area contributed by atoms with Crippen LogP contribution in [0.15, 0.2) is 97.2 Å². The quantitative estimate of drug-likeness (QED) is 0.268. The Labute approximate surface area is 233 Å². The molecule has 0 spiro atoms. The number of carbonyl (C=O) groups is 2. The molecular weight excluding hydrogens is 506 g/mol. The average Bonchev–Trinajstić information content (AvgIpc) is 2.99. The maximum absolute atomic E-state index is 12.7. The van der Waals surface area contributed by atoms with E-state index in [1.54, 1.807) is 47.5 Å². The number of carbonyl (C=O) groups excluding carboxylic acids is 2. The summed E-state index contributed by atoms with van der Waals surface area (Å²) in [5, 5.41) is 2.83. The van der Waals surface area contributed by atoms with E-state index in [1.165, 1.54) is 0 Å². The molecule has 0 saturated carbocycles. The summed E-state index contributed by atoms with van der Waals surface area (Å²) in [6.07, 6.45) is 3.06. The highest BCUT2D eigenvalue weighted by molar-refractivity contribution is 6.04. The molecule has 0 unspecified atom stereocenters. The third kappa shape index (κ3) is 7.38. The third-order valence-corrected chi connectivity index (χ3v) is 6.64. The van der Waals surface area contributed by atoms with Crippen LogP contribution >= 0.6 is 0 Å². The Morgan fingerprint density at radius 2 is 1.52 bits per heavy atom. The molecular formula is C32H31N3O5. The zero-order valence-corrected chi connectivity index (χ0v) is 22.3. The van der Waals surface area contributed by atoms with E-state index in [9.17, 15) is 9.59 Å². The summed E-state index contributed by atoms with van der Waals surface area (Å²) in [5.41, 5.74) is 2.28. The summed E-state index contributed by atoms with van der Waals surface area (Å²) < 4.78 is 17.3. The van der Waals surface area contributed by atoms with E-state index in [4.69, 9.17) is 14.2 Å². The number of pyridine rings is 1. The summed E-state index contributed by atoms with van der Waals surface area (Å²) in [7, 11) is 0. The molecule has 2 heterocycles. The summed E-state index contributed by atoms with van der Waals surface area (Å²) in [6, 6.07) is 27.0. The van der Waals surface area contributed by atoms with Gasteiger partial charge in [-0.25, -0.2) is 9.78 Å². The molecule has 1 aliphatic rings. The number of likely N-dealkylation sites (tertiary alicyclic amines) is 1. The molecule has 4 aromatic rings. The van der Waals surface area contributed by atoms with E-state index < -0.39 is 0 Å². The summed E-state index contributed by atoms with van der Waals surface area (Å²) >= 11 is 0. The van der Waals surface area contributed by atoms with Crippen LogP contribution in [0.25, 0.3) is 0 Å². The van der Waals surface area contributed by atoms with Crippen LogP contribution in [-0.4, -0.2) is 41.6 Å². The first kappa shape index (κ1) is 26.7. The van der Waals surface area contributed by atoms with Crippen LogP contribution in [0.4, 0.5) is 10.5 Å². The molecule has 0 atom stereocenters. The molecule has 2 amide bonds. The summed E-state index contributed by atoms with van der Waals surface area (Å²) in [4.78, 5) is 30.9. The van der Waals surface area contributed by atoms with Gasteiger partial charge in [0.05, 0.1) is 6.61 Å². The maximum Gasteiger partial charge on any atom is 0.415 e. The smallest absolute Gasteiger partial charge is 0.415 e. The van der Waals surface area contributed by atoms with Crippen LogP contribution in [0.3, 0.4) is 0 Å². The molecule has 40 heavy (non-hydrogen) atoms. The Bertz CT molecular complexity index is 1400. The summed E-state index contributed by atoms with van der Waals surface area (Å²) in [6.45, 7) is 3.78. The van der Waals surface area contributed by atoms with Gasteiger partial charge < -0.3 is 24.4 Å². The monoisotopic (exact) mass is 537 g/mol. The highest BCUT2D eigenvalue weighted by atomic mass is 16.6. The van der Waals surface area contributed by atoms with Crippen LogP contribution in [0.2, 0.25) is 0 Å². The molecule has 204 valence electrons. The zero-order valence-electron chi connectivity index (χ0n) is 22.3. The van der Waals surface area contributed by atoms with E-state index in [0.29, 0.717) is 54.2 Å². The molecule has 1 saturated heterocycles. The molecule has 0 aliphatic carbocycles. The number of rotatable bonds is 8. The lowest BCUT2D eigenvalue weighted by Gasteiger charge is -2.31. The Balaban J connectivity index is 1.02. The Kier molecular flexibility index (Phi) is 8.56. The van der Waals surface area contributed by atoms with Crippen LogP contribution in [0.5, 0.6) is 23.1 Å². The minimum atomic E-state index is -0.376. The molecule has 0 radical (unpaired) electrons. The van der Waals surface area contributed by atoms with Gasteiger partial charge in [-0.2, -0.15) is 0 Å². The van der Waals surface area contributed by atoms with Crippen molar-refractivity contribution in [2.24, 2.45) is 5.92 Å². The number of hydrogen-bond donors (Lipinski definition) is 1. The molecule has 1 N–H and O–H groups in total. The number of aromatic nitrogens is 1. The fourth-order valence-electron chi connectivity index (χ4n) is 4.30. The lowest BCUT2D eigenvalue weighted by Crippen LogP contribution is -2.41.